The fraction of sp³-hybridized carbons (Fsp3) is 0.235. The first-order chi connectivity index (χ1) is 10.1. The molecule has 0 aliphatic rings. The molecular weight excluding hydrogens is 289 g/mol. The molecule has 1 amide bonds. The second-order valence-electron chi connectivity index (χ2n) is 4.87. The lowest BCUT2D eigenvalue weighted by Gasteiger charge is -2.22. The zero-order valence-corrected chi connectivity index (χ0v) is 12.6. The average molecular weight is 306 g/mol. The van der Waals surface area contributed by atoms with E-state index in [0.29, 0.717) is 30.1 Å². The van der Waals surface area contributed by atoms with Crippen molar-refractivity contribution in [1.82, 2.24) is 4.90 Å². The van der Waals surface area contributed by atoms with Gasteiger partial charge in [0.2, 0.25) is 0 Å². The van der Waals surface area contributed by atoms with Crippen LogP contribution in [0.1, 0.15) is 21.5 Å². The minimum atomic E-state index is -0.369. The van der Waals surface area contributed by atoms with Crippen molar-refractivity contribution in [2.75, 3.05) is 12.4 Å². The zero-order valence-electron chi connectivity index (χ0n) is 11.9. The Hall–Kier alpha value is -1.87. The van der Waals surface area contributed by atoms with Gasteiger partial charge in [0.1, 0.15) is 5.82 Å². The van der Waals surface area contributed by atoms with Crippen molar-refractivity contribution < 1.29 is 9.18 Å². The van der Waals surface area contributed by atoms with Gasteiger partial charge in [-0.2, -0.15) is 0 Å². The van der Waals surface area contributed by atoms with E-state index in [2.05, 4.69) is 0 Å². The lowest BCUT2D eigenvalue weighted by molar-refractivity contribution is 0.0753. The molecule has 0 N–H and O–H groups in total. The van der Waals surface area contributed by atoms with Crippen LogP contribution in [0.25, 0.3) is 0 Å². The van der Waals surface area contributed by atoms with Crippen LogP contribution < -0.4 is 0 Å². The Kier molecular flexibility index (Phi) is 5.34. The first-order valence-corrected chi connectivity index (χ1v) is 7.30. The van der Waals surface area contributed by atoms with E-state index < -0.39 is 0 Å². The van der Waals surface area contributed by atoms with Crippen LogP contribution in [-0.4, -0.2) is 23.2 Å². The number of hydrogen-bond donors (Lipinski definition) is 0. The van der Waals surface area contributed by atoms with E-state index in [0.717, 1.165) is 5.56 Å². The third-order valence-corrected chi connectivity index (χ3v) is 3.45. The van der Waals surface area contributed by atoms with Gasteiger partial charge in [-0.1, -0.05) is 36.4 Å². The molecule has 0 radical (unpaired) electrons. The maximum absolute atomic E-state index is 13.6. The number of carbonyl (C=O) groups is 1. The van der Waals surface area contributed by atoms with E-state index in [1.807, 2.05) is 30.3 Å². The van der Waals surface area contributed by atoms with Gasteiger partial charge in [-0.15, -0.1) is 11.6 Å². The number of rotatable bonds is 5. The third kappa shape index (κ3) is 4.05. The van der Waals surface area contributed by atoms with Crippen molar-refractivity contribution in [3.05, 3.63) is 71.0 Å². The molecule has 0 aliphatic heterocycles. The molecule has 2 aromatic carbocycles. The lowest BCUT2D eigenvalue weighted by Crippen LogP contribution is -2.32. The molecule has 0 atom stereocenters. The smallest absolute Gasteiger partial charge is 0.254 e. The van der Waals surface area contributed by atoms with Crippen molar-refractivity contribution in [3.63, 3.8) is 0 Å². The molecule has 0 heterocycles. The van der Waals surface area contributed by atoms with Gasteiger partial charge >= 0.3 is 0 Å². The summed E-state index contributed by atoms with van der Waals surface area (Å²) in [5.74, 6) is -0.239. The Labute approximate surface area is 129 Å². The van der Waals surface area contributed by atoms with Crippen LogP contribution in [0.5, 0.6) is 0 Å². The van der Waals surface area contributed by atoms with Crippen LogP contribution in [0, 0.1) is 12.7 Å². The average Bonchev–Trinajstić information content (AvgIpc) is 2.50. The van der Waals surface area contributed by atoms with Crippen LogP contribution in [-0.2, 0) is 6.54 Å². The van der Waals surface area contributed by atoms with Crippen molar-refractivity contribution in [2.24, 2.45) is 0 Å². The molecule has 0 saturated carbocycles. The summed E-state index contributed by atoms with van der Waals surface area (Å²) in [5, 5.41) is 0. The Morgan fingerprint density at radius 2 is 1.90 bits per heavy atom. The molecule has 2 aromatic rings. The standard InChI is InChI=1S/C17H17ClFNO/c1-13-7-8-15(11-16(13)19)17(21)20(10-9-18)12-14-5-3-2-4-6-14/h2-8,11H,9-10,12H2,1H3. The van der Waals surface area contributed by atoms with E-state index in [-0.39, 0.29) is 11.7 Å². The Bertz CT molecular complexity index is 615. The number of aryl methyl sites for hydroxylation is 1. The first kappa shape index (κ1) is 15.5. The molecule has 0 fully saturated rings. The van der Waals surface area contributed by atoms with Gasteiger partial charge in [-0.05, 0) is 30.2 Å². The Balaban J connectivity index is 2.20. The highest BCUT2D eigenvalue weighted by Gasteiger charge is 2.16. The minimum Gasteiger partial charge on any atom is -0.333 e. The number of alkyl halides is 1. The van der Waals surface area contributed by atoms with Crippen LogP contribution in [0.4, 0.5) is 4.39 Å². The number of amides is 1. The number of benzene rings is 2. The Morgan fingerprint density at radius 3 is 2.52 bits per heavy atom. The maximum atomic E-state index is 13.6. The molecule has 0 aromatic heterocycles. The predicted molar refractivity (Wildman–Crippen MR) is 83.0 cm³/mol. The Morgan fingerprint density at radius 1 is 1.19 bits per heavy atom. The molecule has 0 bridgehead atoms. The summed E-state index contributed by atoms with van der Waals surface area (Å²) in [6.07, 6.45) is 0. The molecule has 21 heavy (non-hydrogen) atoms. The van der Waals surface area contributed by atoms with Crippen molar-refractivity contribution in [1.29, 1.82) is 0 Å². The van der Waals surface area contributed by atoms with Gasteiger partial charge in [0.15, 0.2) is 0 Å². The van der Waals surface area contributed by atoms with Crippen molar-refractivity contribution in [2.45, 2.75) is 13.5 Å². The van der Waals surface area contributed by atoms with E-state index in [4.69, 9.17) is 11.6 Å². The monoisotopic (exact) mass is 305 g/mol. The number of halogens is 2. The molecule has 2 rings (SSSR count). The van der Waals surface area contributed by atoms with Crippen LogP contribution in [0.15, 0.2) is 48.5 Å². The molecule has 0 unspecified atom stereocenters. The van der Waals surface area contributed by atoms with Crippen LogP contribution >= 0.6 is 11.6 Å². The second-order valence-corrected chi connectivity index (χ2v) is 5.24. The largest absolute Gasteiger partial charge is 0.333 e. The van der Waals surface area contributed by atoms with E-state index in [1.54, 1.807) is 24.0 Å². The molecule has 2 nitrogen and oxygen atoms in total. The van der Waals surface area contributed by atoms with E-state index >= 15 is 0 Å². The van der Waals surface area contributed by atoms with Gasteiger partial charge in [0.05, 0.1) is 0 Å². The molecule has 0 aliphatic carbocycles. The molecule has 0 spiro atoms. The lowest BCUT2D eigenvalue weighted by atomic mass is 10.1. The van der Waals surface area contributed by atoms with Gasteiger partial charge in [-0.25, -0.2) is 4.39 Å². The first-order valence-electron chi connectivity index (χ1n) is 6.77. The molecule has 0 saturated heterocycles. The summed E-state index contributed by atoms with van der Waals surface area (Å²) in [7, 11) is 0. The minimum absolute atomic E-state index is 0.210. The summed E-state index contributed by atoms with van der Waals surface area (Å²) < 4.78 is 13.6. The molecule has 4 heteroatoms. The number of hydrogen-bond acceptors (Lipinski definition) is 1. The van der Waals surface area contributed by atoms with Gasteiger partial charge in [0.25, 0.3) is 5.91 Å². The van der Waals surface area contributed by atoms with Gasteiger partial charge < -0.3 is 4.90 Å². The highest BCUT2D eigenvalue weighted by atomic mass is 35.5. The highest BCUT2D eigenvalue weighted by Crippen LogP contribution is 2.14. The van der Waals surface area contributed by atoms with E-state index in [9.17, 15) is 9.18 Å². The predicted octanol–water partition coefficient (Wildman–Crippen LogP) is 4.02. The van der Waals surface area contributed by atoms with E-state index in [1.165, 1.54) is 6.07 Å². The summed E-state index contributed by atoms with van der Waals surface area (Å²) >= 11 is 5.78. The summed E-state index contributed by atoms with van der Waals surface area (Å²) in [6.45, 7) is 2.55. The highest BCUT2D eigenvalue weighted by molar-refractivity contribution is 6.18. The molecular formula is C17H17ClFNO. The zero-order chi connectivity index (χ0) is 15.2. The normalized spacial score (nSPS) is 10.4. The fourth-order valence-corrected chi connectivity index (χ4v) is 2.27. The third-order valence-electron chi connectivity index (χ3n) is 3.28. The van der Waals surface area contributed by atoms with Crippen LogP contribution in [0.3, 0.4) is 0 Å². The summed E-state index contributed by atoms with van der Waals surface area (Å²) in [5.41, 5.74) is 1.89. The summed E-state index contributed by atoms with van der Waals surface area (Å²) in [6, 6.07) is 14.2. The van der Waals surface area contributed by atoms with Gasteiger partial charge in [0, 0.05) is 24.5 Å². The van der Waals surface area contributed by atoms with Crippen molar-refractivity contribution in [3.8, 4) is 0 Å². The quantitative estimate of drug-likeness (QED) is 0.764. The van der Waals surface area contributed by atoms with Crippen molar-refractivity contribution >= 4 is 17.5 Å². The second kappa shape index (κ2) is 7.23. The summed E-state index contributed by atoms with van der Waals surface area (Å²) in [4.78, 5) is 14.1. The SMILES string of the molecule is Cc1ccc(C(=O)N(CCCl)Cc2ccccc2)cc1F. The van der Waals surface area contributed by atoms with Gasteiger partial charge in [-0.3, -0.25) is 4.79 Å². The fourth-order valence-electron chi connectivity index (χ4n) is 2.07. The number of nitrogens with zero attached hydrogens (tertiary/aromatic N) is 1. The number of carbonyl (C=O) groups excluding carboxylic acids is 1. The maximum Gasteiger partial charge on any atom is 0.254 e. The molecule has 110 valence electrons. The topological polar surface area (TPSA) is 20.3 Å². The van der Waals surface area contributed by atoms with Crippen LogP contribution in [0.2, 0.25) is 0 Å².